The second-order valence-corrected chi connectivity index (χ2v) is 7.70. The molecule has 7 nitrogen and oxygen atoms in total. The van der Waals surface area contributed by atoms with Crippen molar-refractivity contribution in [2.75, 3.05) is 19.8 Å². The van der Waals surface area contributed by atoms with Gasteiger partial charge in [-0.15, -0.1) is 0 Å². The predicted molar refractivity (Wildman–Crippen MR) is 96.1 cm³/mol. The minimum atomic E-state index is -0.924. The normalized spacial score (nSPS) is 27.0. The molecule has 1 saturated carbocycles. The molecule has 27 heavy (non-hydrogen) atoms. The van der Waals surface area contributed by atoms with E-state index in [-0.39, 0.29) is 17.6 Å². The van der Waals surface area contributed by atoms with Gasteiger partial charge in [0.05, 0.1) is 12.2 Å². The number of carboxylic acid groups (broad SMARTS) is 1. The largest absolute Gasteiger partial charge is 0.480 e. The van der Waals surface area contributed by atoms with Crippen LogP contribution in [0.2, 0.25) is 0 Å². The highest BCUT2D eigenvalue weighted by Gasteiger charge is 2.50. The average molecular weight is 372 g/mol. The van der Waals surface area contributed by atoms with Crippen LogP contribution < -0.4 is 0 Å². The van der Waals surface area contributed by atoms with Gasteiger partial charge in [0.25, 0.3) is 0 Å². The van der Waals surface area contributed by atoms with E-state index in [1.165, 1.54) is 0 Å². The number of rotatable bonds is 7. The Balaban J connectivity index is 1.44. The molecule has 144 valence electrons. The van der Waals surface area contributed by atoms with Crippen molar-refractivity contribution in [2.24, 2.45) is 5.41 Å². The maximum Gasteiger partial charge on any atom is 0.329 e. The van der Waals surface area contributed by atoms with E-state index in [0.717, 1.165) is 43.2 Å². The summed E-state index contributed by atoms with van der Waals surface area (Å²) in [4.78, 5) is 14.9. The molecule has 0 unspecified atom stereocenters. The second kappa shape index (κ2) is 7.05. The molecule has 1 aliphatic carbocycles. The molecule has 1 aromatic heterocycles. The Morgan fingerprint density at radius 3 is 2.74 bits per heavy atom. The molecule has 3 fully saturated rings. The van der Waals surface area contributed by atoms with E-state index in [2.05, 4.69) is 22.3 Å². The van der Waals surface area contributed by atoms with Crippen molar-refractivity contribution in [1.82, 2.24) is 10.1 Å². The highest BCUT2D eigenvalue weighted by molar-refractivity contribution is 5.67. The number of hydrogen-bond acceptors (Lipinski definition) is 6. The smallest absolute Gasteiger partial charge is 0.329 e. The molecule has 0 radical (unpaired) electrons. The Labute approximate surface area is 157 Å². The van der Waals surface area contributed by atoms with E-state index in [1.54, 1.807) is 6.92 Å². The summed E-state index contributed by atoms with van der Waals surface area (Å²) in [5.74, 6) is 0.226. The fourth-order valence-corrected chi connectivity index (χ4v) is 4.26. The Morgan fingerprint density at radius 1 is 1.30 bits per heavy atom. The van der Waals surface area contributed by atoms with Crippen molar-refractivity contribution in [3.05, 3.63) is 35.7 Å². The molecule has 2 aliphatic heterocycles. The van der Waals surface area contributed by atoms with Crippen molar-refractivity contribution < 1.29 is 23.9 Å². The average Bonchev–Trinajstić information content (AvgIpc) is 3.13. The molecule has 1 N–H and O–H groups in total. The van der Waals surface area contributed by atoms with Crippen molar-refractivity contribution in [3.63, 3.8) is 0 Å². The van der Waals surface area contributed by atoms with E-state index < -0.39 is 5.97 Å². The third-order valence-electron chi connectivity index (χ3n) is 5.95. The summed E-state index contributed by atoms with van der Waals surface area (Å²) >= 11 is 0. The van der Waals surface area contributed by atoms with Crippen LogP contribution in [0.1, 0.15) is 43.6 Å². The second-order valence-electron chi connectivity index (χ2n) is 7.70. The molecule has 3 heterocycles. The van der Waals surface area contributed by atoms with Crippen molar-refractivity contribution in [1.29, 1.82) is 0 Å². The van der Waals surface area contributed by atoms with Gasteiger partial charge in [-0.3, -0.25) is 0 Å². The van der Waals surface area contributed by atoms with Crippen LogP contribution in [0, 0.1) is 12.3 Å². The number of aryl methyl sites for hydroxylation is 1. The van der Waals surface area contributed by atoms with Crippen molar-refractivity contribution in [2.45, 2.75) is 44.6 Å². The van der Waals surface area contributed by atoms with Gasteiger partial charge >= 0.3 is 5.97 Å². The standard InChI is InChI=1S/C20H24N2O5/c1-14-21-18(22-27-14)15-3-2-4-16(11-15)20-7-5-19(6-8-20,13-26-20)9-10-25-12-17(23)24/h2-4,11H,5-10,12-13H2,1H3,(H,23,24). The van der Waals surface area contributed by atoms with Gasteiger partial charge < -0.3 is 19.1 Å². The lowest BCUT2D eigenvalue weighted by atomic mass is 9.63. The van der Waals surface area contributed by atoms with Gasteiger partial charge in [0.15, 0.2) is 0 Å². The molecule has 0 amide bonds. The van der Waals surface area contributed by atoms with Crippen molar-refractivity contribution in [3.8, 4) is 11.4 Å². The molecular weight excluding hydrogens is 348 g/mol. The lowest BCUT2D eigenvalue weighted by Crippen LogP contribution is -2.49. The summed E-state index contributed by atoms with van der Waals surface area (Å²) in [5.41, 5.74) is 1.96. The molecule has 0 spiro atoms. The minimum absolute atomic E-state index is 0.114. The number of fused-ring (bicyclic) bond motifs is 3. The van der Waals surface area contributed by atoms with Gasteiger partial charge in [0.2, 0.25) is 11.7 Å². The fraction of sp³-hybridized carbons (Fsp3) is 0.550. The maximum atomic E-state index is 10.6. The Bertz CT molecular complexity index is 807. The number of benzene rings is 1. The highest BCUT2D eigenvalue weighted by Crippen LogP contribution is 2.55. The lowest BCUT2D eigenvalue weighted by molar-refractivity contribution is -0.194. The van der Waals surface area contributed by atoms with Crippen LogP contribution >= 0.6 is 0 Å². The van der Waals surface area contributed by atoms with Crippen LogP contribution in [-0.4, -0.2) is 41.0 Å². The van der Waals surface area contributed by atoms with Crippen LogP contribution in [0.4, 0.5) is 0 Å². The van der Waals surface area contributed by atoms with Gasteiger partial charge in [-0.05, 0) is 49.1 Å². The van der Waals surface area contributed by atoms with Crippen LogP contribution in [0.25, 0.3) is 11.4 Å². The monoisotopic (exact) mass is 372 g/mol. The third-order valence-corrected chi connectivity index (χ3v) is 5.95. The molecule has 7 heteroatoms. The van der Waals surface area contributed by atoms with Crippen LogP contribution in [-0.2, 0) is 19.9 Å². The molecule has 1 aromatic carbocycles. The van der Waals surface area contributed by atoms with Gasteiger partial charge in [-0.1, -0.05) is 23.4 Å². The Hall–Kier alpha value is -2.25. The third kappa shape index (κ3) is 3.61. The number of aromatic nitrogens is 2. The number of aliphatic carboxylic acids is 1. The predicted octanol–water partition coefficient (Wildman–Crippen LogP) is 3.32. The first-order valence-electron chi connectivity index (χ1n) is 9.35. The van der Waals surface area contributed by atoms with E-state index in [0.29, 0.717) is 24.9 Å². The number of carboxylic acids is 1. The first kappa shape index (κ1) is 18.1. The summed E-state index contributed by atoms with van der Waals surface area (Å²) in [6.45, 7) is 2.71. The number of ether oxygens (including phenoxy) is 2. The zero-order valence-corrected chi connectivity index (χ0v) is 15.4. The number of nitrogens with zero attached hydrogens (tertiary/aromatic N) is 2. The Kier molecular flexibility index (Phi) is 4.74. The Morgan fingerprint density at radius 2 is 2.11 bits per heavy atom. The molecule has 2 aromatic rings. The SMILES string of the molecule is Cc1nc(-c2cccc(C34CCC(CCOCC(=O)O)(CC3)CO4)c2)no1. The van der Waals surface area contributed by atoms with Crippen LogP contribution in [0.15, 0.2) is 28.8 Å². The van der Waals surface area contributed by atoms with Crippen molar-refractivity contribution >= 4 is 5.97 Å². The van der Waals surface area contributed by atoms with Gasteiger partial charge in [0, 0.05) is 19.1 Å². The minimum Gasteiger partial charge on any atom is -0.480 e. The highest BCUT2D eigenvalue weighted by atomic mass is 16.5. The summed E-state index contributed by atoms with van der Waals surface area (Å²) in [7, 11) is 0. The summed E-state index contributed by atoms with van der Waals surface area (Å²) in [6, 6.07) is 8.23. The molecule has 2 saturated heterocycles. The summed E-state index contributed by atoms with van der Waals surface area (Å²) < 4.78 is 16.7. The van der Waals surface area contributed by atoms with E-state index >= 15 is 0 Å². The molecule has 3 aliphatic rings. The molecular formula is C20H24N2O5. The molecule has 2 bridgehead atoms. The van der Waals surface area contributed by atoms with Gasteiger partial charge in [0.1, 0.15) is 6.61 Å². The van der Waals surface area contributed by atoms with E-state index in [4.69, 9.17) is 19.1 Å². The summed E-state index contributed by atoms with van der Waals surface area (Å²) in [5, 5.41) is 12.7. The lowest BCUT2D eigenvalue weighted by Gasteiger charge is -2.53. The topological polar surface area (TPSA) is 94.7 Å². The van der Waals surface area contributed by atoms with Gasteiger partial charge in [-0.2, -0.15) is 4.98 Å². The zero-order chi connectivity index (χ0) is 18.9. The first-order valence-corrected chi connectivity index (χ1v) is 9.35. The maximum absolute atomic E-state index is 10.6. The van der Waals surface area contributed by atoms with E-state index in [9.17, 15) is 4.79 Å². The van der Waals surface area contributed by atoms with Crippen LogP contribution in [0.5, 0.6) is 0 Å². The quantitative estimate of drug-likeness (QED) is 0.745. The van der Waals surface area contributed by atoms with E-state index in [1.807, 2.05) is 12.1 Å². The van der Waals surface area contributed by atoms with Crippen LogP contribution in [0.3, 0.4) is 0 Å². The van der Waals surface area contributed by atoms with Gasteiger partial charge in [-0.25, -0.2) is 4.79 Å². The fourth-order valence-electron chi connectivity index (χ4n) is 4.26. The molecule has 0 atom stereocenters. The first-order chi connectivity index (χ1) is 13.0. The summed E-state index contributed by atoms with van der Waals surface area (Å²) in [6.07, 6.45) is 4.89. The molecule has 5 rings (SSSR count). The number of carbonyl (C=O) groups is 1. The number of hydrogen-bond donors (Lipinski definition) is 1. The zero-order valence-electron chi connectivity index (χ0n) is 15.4.